The van der Waals surface area contributed by atoms with Crippen LogP contribution in [0.4, 0.5) is 5.82 Å². The standard InChI is InChI=1S/C14H23N5O/c1-10-11(2)18-13-16-9-17-19(13)12(10)15-8-14(3,4)6-7-20-5/h9,15H,6-8H2,1-5H3. The molecule has 6 nitrogen and oxygen atoms in total. The van der Waals surface area contributed by atoms with Gasteiger partial charge in [0.1, 0.15) is 12.1 Å². The minimum absolute atomic E-state index is 0.145. The van der Waals surface area contributed by atoms with Crippen LogP contribution in [0.25, 0.3) is 5.78 Å². The molecule has 110 valence electrons. The Balaban J connectivity index is 2.21. The number of ether oxygens (including phenoxy) is 1. The molecule has 0 aliphatic rings. The highest BCUT2D eigenvalue weighted by atomic mass is 16.5. The number of aromatic nitrogens is 4. The van der Waals surface area contributed by atoms with E-state index in [0.717, 1.165) is 36.6 Å². The molecule has 2 rings (SSSR count). The molecule has 0 fully saturated rings. The van der Waals surface area contributed by atoms with Crippen molar-refractivity contribution in [2.75, 3.05) is 25.6 Å². The van der Waals surface area contributed by atoms with Crippen molar-refractivity contribution >= 4 is 11.6 Å². The molecule has 0 unspecified atom stereocenters. The van der Waals surface area contributed by atoms with E-state index >= 15 is 0 Å². The van der Waals surface area contributed by atoms with Crippen LogP contribution >= 0.6 is 0 Å². The van der Waals surface area contributed by atoms with Crippen LogP contribution in [0.15, 0.2) is 6.33 Å². The molecule has 0 radical (unpaired) electrons. The largest absolute Gasteiger partial charge is 0.385 e. The third-order valence-electron chi connectivity index (χ3n) is 3.62. The lowest BCUT2D eigenvalue weighted by atomic mass is 9.89. The van der Waals surface area contributed by atoms with Crippen molar-refractivity contribution in [3.05, 3.63) is 17.6 Å². The predicted octanol–water partition coefficient (Wildman–Crippen LogP) is 2.22. The van der Waals surface area contributed by atoms with E-state index in [2.05, 4.69) is 34.2 Å². The van der Waals surface area contributed by atoms with Crippen molar-refractivity contribution in [1.29, 1.82) is 0 Å². The number of anilines is 1. The Morgan fingerprint density at radius 2 is 2.10 bits per heavy atom. The van der Waals surface area contributed by atoms with E-state index < -0.39 is 0 Å². The molecule has 0 aliphatic carbocycles. The smallest absolute Gasteiger partial charge is 0.254 e. The van der Waals surface area contributed by atoms with Crippen LogP contribution in [-0.2, 0) is 4.74 Å². The molecule has 2 aromatic heterocycles. The SMILES string of the molecule is COCCC(C)(C)CNc1c(C)c(C)nc2ncnn12. The molecule has 1 N–H and O–H groups in total. The Kier molecular flexibility index (Phi) is 4.23. The maximum Gasteiger partial charge on any atom is 0.254 e. The predicted molar refractivity (Wildman–Crippen MR) is 79.0 cm³/mol. The van der Waals surface area contributed by atoms with Crippen molar-refractivity contribution < 1.29 is 4.74 Å². The molecular formula is C14H23N5O. The van der Waals surface area contributed by atoms with E-state index in [0.29, 0.717) is 5.78 Å². The van der Waals surface area contributed by atoms with Gasteiger partial charge < -0.3 is 10.1 Å². The van der Waals surface area contributed by atoms with E-state index in [1.165, 1.54) is 6.33 Å². The Morgan fingerprint density at radius 1 is 1.35 bits per heavy atom. The topological polar surface area (TPSA) is 64.3 Å². The van der Waals surface area contributed by atoms with Crippen LogP contribution in [0.2, 0.25) is 0 Å². The molecule has 20 heavy (non-hydrogen) atoms. The minimum Gasteiger partial charge on any atom is -0.385 e. The summed E-state index contributed by atoms with van der Waals surface area (Å²) in [4.78, 5) is 8.58. The Hall–Kier alpha value is -1.69. The maximum absolute atomic E-state index is 5.17. The van der Waals surface area contributed by atoms with Gasteiger partial charge in [-0.2, -0.15) is 14.6 Å². The first-order valence-corrected chi connectivity index (χ1v) is 6.84. The monoisotopic (exact) mass is 277 g/mol. The summed E-state index contributed by atoms with van der Waals surface area (Å²) in [6.07, 6.45) is 2.53. The third-order valence-corrected chi connectivity index (χ3v) is 3.62. The Labute approximate surface area is 119 Å². The lowest BCUT2D eigenvalue weighted by Crippen LogP contribution is -2.26. The summed E-state index contributed by atoms with van der Waals surface area (Å²) in [6.45, 7) is 10.1. The molecule has 0 aromatic carbocycles. The summed E-state index contributed by atoms with van der Waals surface area (Å²) in [7, 11) is 1.73. The zero-order valence-corrected chi connectivity index (χ0v) is 12.9. The fourth-order valence-corrected chi connectivity index (χ4v) is 2.03. The average Bonchev–Trinajstić information content (AvgIpc) is 2.84. The number of aryl methyl sites for hydroxylation is 1. The molecule has 6 heteroatoms. The molecular weight excluding hydrogens is 254 g/mol. The highest BCUT2D eigenvalue weighted by molar-refractivity contribution is 5.51. The van der Waals surface area contributed by atoms with Crippen molar-refractivity contribution in [3.8, 4) is 0 Å². The maximum atomic E-state index is 5.17. The zero-order chi connectivity index (χ0) is 14.8. The van der Waals surface area contributed by atoms with Gasteiger partial charge in [-0.15, -0.1) is 0 Å². The van der Waals surface area contributed by atoms with Crippen molar-refractivity contribution in [2.24, 2.45) is 5.41 Å². The summed E-state index contributed by atoms with van der Waals surface area (Å²) >= 11 is 0. The van der Waals surface area contributed by atoms with Gasteiger partial charge in [0.05, 0.1) is 0 Å². The second kappa shape index (κ2) is 5.75. The van der Waals surface area contributed by atoms with Crippen LogP contribution in [0.1, 0.15) is 31.5 Å². The highest BCUT2D eigenvalue weighted by Crippen LogP contribution is 2.23. The van der Waals surface area contributed by atoms with Crippen molar-refractivity contribution in [2.45, 2.75) is 34.1 Å². The second-order valence-corrected chi connectivity index (χ2v) is 5.90. The lowest BCUT2D eigenvalue weighted by Gasteiger charge is -2.25. The number of fused-ring (bicyclic) bond motifs is 1. The summed E-state index contributed by atoms with van der Waals surface area (Å²) < 4.78 is 6.92. The zero-order valence-electron chi connectivity index (χ0n) is 12.9. The molecule has 0 saturated carbocycles. The van der Waals surface area contributed by atoms with Crippen LogP contribution in [0.5, 0.6) is 0 Å². The molecule has 0 bridgehead atoms. The number of rotatable bonds is 6. The number of nitrogens with one attached hydrogen (secondary N) is 1. The summed E-state index contributed by atoms with van der Waals surface area (Å²) in [5, 5.41) is 7.74. The number of hydrogen-bond donors (Lipinski definition) is 1. The first-order valence-electron chi connectivity index (χ1n) is 6.84. The van der Waals surface area contributed by atoms with Gasteiger partial charge in [-0.05, 0) is 25.7 Å². The van der Waals surface area contributed by atoms with Gasteiger partial charge in [-0.25, -0.2) is 4.98 Å². The normalized spacial score (nSPS) is 12.1. The molecule has 0 spiro atoms. The molecule has 2 aromatic rings. The quantitative estimate of drug-likeness (QED) is 0.877. The first kappa shape index (κ1) is 14.7. The van der Waals surface area contributed by atoms with Gasteiger partial charge >= 0.3 is 0 Å². The Morgan fingerprint density at radius 3 is 2.80 bits per heavy atom. The summed E-state index contributed by atoms with van der Waals surface area (Å²) in [5.74, 6) is 1.60. The van der Waals surface area contributed by atoms with Crippen LogP contribution in [0, 0.1) is 19.3 Å². The molecule has 0 aliphatic heterocycles. The van der Waals surface area contributed by atoms with Gasteiger partial charge in [0, 0.05) is 31.5 Å². The molecule has 2 heterocycles. The van der Waals surface area contributed by atoms with Crippen molar-refractivity contribution in [3.63, 3.8) is 0 Å². The second-order valence-electron chi connectivity index (χ2n) is 5.90. The first-order chi connectivity index (χ1) is 9.44. The van der Waals surface area contributed by atoms with Gasteiger partial charge in [0.25, 0.3) is 5.78 Å². The number of methoxy groups -OCH3 is 1. The average molecular weight is 277 g/mol. The fourth-order valence-electron chi connectivity index (χ4n) is 2.03. The highest BCUT2D eigenvalue weighted by Gasteiger charge is 2.19. The van der Waals surface area contributed by atoms with Gasteiger partial charge in [-0.3, -0.25) is 0 Å². The number of nitrogens with zero attached hydrogens (tertiary/aromatic N) is 4. The van der Waals surface area contributed by atoms with Crippen LogP contribution < -0.4 is 5.32 Å². The van der Waals surface area contributed by atoms with E-state index in [-0.39, 0.29) is 5.41 Å². The molecule has 0 amide bonds. The number of hydrogen-bond acceptors (Lipinski definition) is 5. The van der Waals surface area contributed by atoms with Gasteiger partial charge in [0.2, 0.25) is 0 Å². The van der Waals surface area contributed by atoms with Crippen LogP contribution in [0.3, 0.4) is 0 Å². The van der Waals surface area contributed by atoms with E-state index in [1.54, 1.807) is 11.6 Å². The van der Waals surface area contributed by atoms with Gasteiger partial charge in [0.15, 0.2) is 0 Å². The Bertz CT molecular complexity index is 591. The van der Waals surface area contributed by atoms with E-state index in [4.69, 9.17) is 4.74 Å². The van der Waals surface area contributed by atoms with Crippen molar-refractivity contribution in [1.82, 2.24) is 19.6 Å². The van der Waals surface area contributed by atoms with E-state index in [1.807, 2.05) is 13.8 Å². The molecule has 0 atom stereocenters. The third kappa shape index (κ3) is 3.07. The molecule has 0 saturated heterocycles. The van der Waals surface area contributed by atoms with E-state index in [9.17, 15) is 0 Å². The fraction of sp³-hybridized carbons (Fsp3) is 0.643. The summed E-state index contributed by atoms with van der Waals surface area (Å²) in [6, 6.07) is 0. The lowest BCUT2D eigenvalue weighted by molar-refractivity contribution is 0.157. The summed E-state index contributed by atoms with van der Waals surface area (Å²) in [5.41, 5.74) is 2.22. The minimum atomic E-state index is 0.145. The van der Waals surface area contributed by atoms with Crippen LogP contribution in [-0.4, -0.2) is 39.8 Å². The van der Waals surface area contributed by atoms with Gasteiger partial charge in [-0.1, -0.05) is 13.8 Å².